The van der Waals surface area contributed by atoms with Crippen LogP contribution in [0.25, 0.3) is 17.0 Å². The van der Waals surface area contributed by atoms with Crippen LogP contribution in [0.1, 0.15) is 34.0 Å². The van der Waals surface area contributed by atoms with Gasteiger partial charge in [-0.3, -0.25) is 15.3 Å². The van der Waals surface area contributed by atoms with Crippen molar-refractivity contribution in [2.75, 3.05) is 12.8 Å². The molecule has 0 amide bonds. The van der Waals surface area contributed by atoms with Gasteiger partial charge in [0.05, 0.1) is 29.9 Å². The maximum Gasteiger partial charge on any atom is 0.220 e. The van der Waals surface area contributed by atoms with Crippen LogP contribution in [0.2, 0.25) is 0 Å². The lowest BCUT2D eigenvalue weighted by atomic mass is 9.83. The maximum absolute atomic E-state index is 14.4. The summed E-state index contributed by atoms with van der Waals surface area (Å²) >= 11 is 0. The zero-order chi connectivity index (χ0) is 25.1. The molecule has 9 heteroatoms. The van der Waals surface area contributed by atoms with Crippen LogP contribution in [0.5, 0.6) is 5.88 Å². The summed E-state index contributed by atoms with van der Waals surface area (Å²) in [4.78, 5) is 23.3. The molecule has 0 aliphatic heterocycles. The molecule has 36 heavy (non-hydrogen) atoms. The summed E-state index contributed by atoms with van der Waals surface area (Å²) in [6.07, 6.45) is 6.06. The number of pyridine rings is 2. The van der Waals surface area contributed by atoms with E-state index < -0.39 is 0 Å². The van der Waals surface area contributed by atoms with Crippen molar-refractivity contribution in [1.29, 1.82) is 0 Å². The quantitative estimate of drug-likeness (QED) is 0.372. The van der Waals surface area contributed by atoms with E-state index in [9.17, 15) is 4.39 Å². The summed E-state index contributed by atoms with van der Waals surface area (Å²) in [6, 6.07) is 13.9. The first-order chi connectivity index (χ1) is 17.5. The smallest absolute Gasteiger partial charge is 0.220 e. The number of halogens is 1. The normalized spacial score (nSPS) is 14.6. The number of nitrogens with two attached hydrogens (primary N) is 1. The molecule has 4 aromatic rings. The average molecular weight is 485 g/mol. The third kappa shape index (κ3) is 4.87. The number of hydrogen-bond acceptors (Lipinski definition) is 8. The minimum absolute atomic E-state index is 0.153. The van der Waals surface area contributed by atoms with E-state index in [-0.39, 0.29) is 17.7 Å². The first kappa shape index (κ1) is 23.4. The molecule has 3 heterocycles. The molecule has 5 rings (SSSR count). The second-order valence-electron chi connectivity index (χ2n) is 8.43. The molecule has 0 bridgehead atoms. The van der Waals surface area contributed by atoms with E-state index in [2.05, 4.69) is 31.5 Å². The molecular formula is C27H25FN6O2. The number of rotatable bonds is 7. The zero-order valence-corrected chi connectivity index (χ0v) is 19.9. The van der Waals surface area contributed by atoms with Crippen LogP contribution in [0.3, 0.4) is 0 Å². The lowest BCUT2D eigenvalue weighted by molar-refractivity contribution is 0.0639. The number of fused-ring (bicyclic) bond motifs is 1. The summed E-state index contributed by atoms with van der Waals surface area (Å²) < 4.78 is 19.7. The summed E-state index contributed by atoms with van der Waals surface area (Å²) in [5, 5.41) is 0. The fraction of sp³-hybridized carbons (Fsp3) is 0.185. The van der Waals surface area contributed by atoms with Crippen LogP contribution >= 0.6 is 0 Å². The number of hydrogen-bond donors (Lipinski definition) is 2. The average Bonchev–Trinajstić information content (AvgIpc) is 2.88. The van der Waals surface area contributed by atoms with Crippen molar-refractivity contribution in [2.24, 2.45) is 0 Å². The van der Waals surface area contributed by atoms with E-state index in [0.717, 1.165) is 33.8 Å². The summed E-state index contributed by atoms with van der Waals surface area (Å²) in [5.41, 5.74) is 15.3. The van der Waals surface area contributed by atoms with Crippen LogP contribution < -0.4 is 16.0 Å². The Morgan fingerprint density at radius 3 is 2.81 bits per heavy atom. The number of ether oxygens (including phenoxy) is 1. The van der Waals surface area contributed by atoms with Crippen molar-refractivity contribution >= 4 is 11.6 Å². The Morgan fingerprint density at radius 1 is 1.11 bits per heavy atom. The van der Waals surface area contributed by atoms with Crippen LogP contribution in [0.15, 0.2) is 67.0 Å². The number of anilines is 1. The third-order valence-electron chi connectivity index (χ3n) is 6.00. The summed E-state index contributed by atoms with van der Waals surface area (Å²) in [7, 11) is 1.55. The van der Waals surface area contributed by atoms with Gasteiger partial charge in [0, 0.05) is 41.9 Å². The molecule has 0 saturated carbocycles. The molecule has 1 aromatic carbocycles. The Kier molecular flexibility index (Phi) is 6.55. The predicted octanol–water partition coefficient (Wildman–Crippen LogP) is 4.37. The molecular weight excluding hydrogens is 459 g/mol. The molecule has 1 aliphatic rings. The summed E-state index contributed by atoms with van der Waals surface area (Å²) in [5.74, 6) is 0.157. The molecule has 182 valence electrons. The van der Waals surface area contributed by atoms with Gasteiger partial charge in [0.2, 0.25) is 11.8 Å². The van der Waals surface area contributed by atoms with Crippen molar-refractivity contribution in [3.63, 3.8) is 0 Å². The monoisotopic (exact) mass is 484 g/mol. The van der Waals surface area contributed by atoms with Crippen molar-refractivity contribution in [3.8, 4) is 17.1 Å². The second-order valence-corrected chi connectivity index (χ2v) is 8.43. The Morgan fingerprint density at radius 2 is 2.00 bits per heavy atom. The molecule has 1 unspecified atom stereocenters. The maximum atomic E-state index is 14.4. The third-order valence-corrected chi connectivity index (χ3v) is 6.00. The highest BCUT2D eigenvalue weighted by Crippen LogP contribution is 2.38. The van der Waals surface area contributed by atoms with Crippen molar-refractivity contribution in [3.05, 3.63) is 101 Å². The van der Waals surface area contributed by atoms with Gasteiger partial charge in [-0.15, -0.1) is 0 Å². The van der Waals surface area contributed by atoms with Crippen molar-refractivity contribution < 1.29 is 14.0 Å². The molecule has 0 saturated heterocycles. The fourth-order valence-corrected chi connectivity index (χ4v) is 4.42. The number of allylic oxidation sites excluding steroid dienone is 1. The van der Waals surface area contributed by atoms with Crippen LogP contribution in [0.4, 0.5) is 10.3 Å². The number of nitrogen functional groups attached to an aromatic ring is 1. The number of benzene rings is 1. The van der Waals surface area contributed by atoms with Crippen LogP contribution in [0, 0.1) is 12.7 Å². The summed E-state index contributed by atoms with van der Waals surface area (Å²) in [6.45, 7) is 2.20. The minimum atomic E-state index is -0.348. The zero-order valence-electron chi connectivity index (χ0n) is 19.9. The Balaban J connectivity index is 1.54. The molecule has 0 fully saturated rings. The van der Waals surface area contributed by atoms with Crippen LogP contribution in [-0.2, 0) is 17.9 Å². The number of nitrogens with zero attached hydrogens (tertiary/aromatic N) is 4. The Hall–Kier alpha value is -4.37. The number of aryl methyl sites for hydroxylation is 1. The Labute approximate surface area is 208 Å². The largest absolute Gasteiger partial charge is 0.481 e. The standard InChI is InChI=1S/C27H25FN6O2/c1-16-26-23(33-27(29)31-16)11-18(12-24(26)34-36-15-17-5-4-10-30-14-17)20-9-8-19(28)13-21(20)22-6-3-7-25(32-22)35-2/h3-10,12-14,18,34H,11,15H2,1-2H3,(H2,29,31,33). The van der Waals surface area contributed by atoms with Gasteiger partial charge < -0.3 is 10.5 Å². The van der Waals surface area contributed by atoms with Gasteiger partial charge in [-0.2, -0.15) is 0 Å². The molecule has 1 aliphatic carbocycles. The van der Waals surface area contributed by atoms with Crippen molar-refractivity contribution in [1.82, 2.24) is 25.4 Å². The second kappa shape index (κ2) is 10.1. The molecule has 0 spiro atoms. The van der Waals surface area contributed by atoms with Gasteiger partial charge in [-0.25, -0.2) is 19.3 Å². The van der Waals surface area contributed by atoms with Gasteiger partial charge in [0.25, 0.3) is 0 Å². The number of hydroxylamine groups is 1. The predicted molar refractivity (Wildman–Crippen MR) is 134 cm³/mol. The van der Waals surface area contributed by atoms with E-state index in [1.807, 2.05) is 31.2 Å². The molecule has 8 nitrogen and oxygen atoms in total. The topological polar surface area (TPSA) is 108 Å². The highest BCUT2D eigenvalue weighted by molar-refractivity contribution is 5.73. The molecule has 3 N–H and O–H groups in total. The number of aromatic nitrogens is 4. The Bertz CT molecular complexity index is 1430. The fourth-order valence-electron chi connectivity index (χ4n) is 4.42. The number of methoxy groups -OCH3 is 1. The van der Waals surface area contributed by atoms with Gasteiger partial charge in [-0.05, 0) is 42.3 Å². The van der Waals surface area contributed by atoms with Gasteiger partial charge in [-0.1, -0.05) is 24.3 Å². The lowest BCUT2D eigenvalue weighted by Crippen LogP contribution is -2.23. The van der Waals surface area contributed by atoms with Gasteiger partial charge >= 0.3 is 0 Å². The van der Waals surface area contributed by atoms with E-state index in [1.54, 1.807) is 31.6 Å². The van der Waals surface area contributed by atoms with E-state index in [1.165, 1.54) is 12.1 Å². The van der Waals surface area contributed by atoms with E-state index in [4.69, 9.17) is 15.3 Å². The van der Waals surface area contributed by atoms with Crippen molar-refractivity contribution in [2.45, 2.75) is 25.9 Å². The SMILES string of the molecule is COc1cccc(-c2cc(F)ccc2C2C=C(NOCc3cccnc3)c3c(C)nc(N)nc3C2)n1. The minimum Gasteiger partial charge on any atom is -0.481 e. The molecule has 0 radical (unpaired) electrons. The van der Waals surface area contributed by atoms with E-state index in [0.29, 0.717) is 30.2 Å². The number of nitrogens with one attached hydrogen (secondary N) is 1. The molecule has 3 aromatic heterocycles. The lowest BCUT2D eigenvalue weighted by Gasteiger charge is -2.27. The first-order valence-electron chi connectivity index (χ1n) is 11.4. The van der Waals surface area contributed by atoms with Gasteiger partial charge in [0.15, 0.2) is 0 Å². The van der Waals surface area contributed by atoms with Gasteiger partial charge in [0.1, 0.15) is 12.4 Å². The molecule has 1 atom stereocenters. The van der Waals surface area contributed by atoms with Crippen LogP contribution in [-0.4, -0.2) is 27.0 Å². The van der Waals surface area contributed by atoms with E-state index >= 15 is 0 Å². The highest BCUT2D eigenvalue weighted by Gasteiger charge is 2.27. The highest BCUT2D eigenvalue weighted by atomic mass is 19.1. The first-order valence-corrected chi connectivity index (χ1v) is 11.4.